The summed E-state index contributed by atoms with van der Waals surface area (Å²) in [7, 11) is 1.69. The smallest absolute Gasteiger partial charge is 0.270 e. The van der Waals surface area contributed by atoms with Crippen LogP contribution in [0.5, 0.6) is 0 Å². The molecule has 9 heteroatoms. The average molecular weight is 497 g/mol. The molecule has 36 heavy (non-hydrogen) atoms. The number of anilines is 1. The number of ether oxygens (including phenoxy) is 1. The molecule has 0 spiro atoms. The summed E-state index contributed by atoms with van der Waals surface area (Å²) in [5.41, 5.74) is 0.333. The number of aromatic nitrogens is 2. The first-order chi connectivity index (χ1) is 17.6. The average Bonchev–Trinajstić information content (AvgIpc) is 3.76. The van der Waals surface area contributed by atoms with Crippen LogP contribution in [-0.4, -0.2) is 90.1 Å². The fourth-order valence-corrected chi connectivity index (χ4v) is 4.74. The zero-order chi connectivity index (χ0) is 25.2. The van der Waals surface area contributed by atoms with E-state index in [9.17, 15) is 9.59 Å². The van der Waals surface area contributed by atoms with Gasteiger partial charge in [0.1, 0.15) is 17.8 Å². The van der Waals surface area contributed by atoms with Gasteiger partial charge in [0.2, 0.25) is 5.91 Å². The first-order valence-electron chi connectivity index (χ1n) is 13.3. The Kier molecular flexibility index (Phi) is 9.86. The van der Waals surface area contributed by atoms with E-state index in [1.165, 1.54) is 6.33 Å². The summed E-state index contributed by atoms with van der Waals surface area (Å²) in [6.45, 7) is 4.73. The van der Waals surface area contributed by atoms with Crippen molar-refractivity contribution in [3.8, 4) is 0 Å². The molecule has 2 aliphatic heterocycles. The number of carbonyl (C=O) groups is 2. The third-order valence-corrected chi connectivity index (χ3v) is 7.11. The lowest BCUT2D eigenvalue weighted by molar-refractivity contribution is -0.133. The van der Waals surface area contributed by atoms with E-state index < -0.39 is 0 Å². The summed E-state index contributed by atoms with van der Waals surface area (Å²) in [5.74, 6) is 0.990. The predicted octanol–water partition coefficient (Wildman–Crippen LogP) is 2.63. The van der Waals surface area contributed by atoms with Crippen LogP contribution in [0.2, 0.25) is 0 Å². The van der Waals surface area contributed by atoms with Gasteiger partial charge in [-0.15, -0.1) is 0 Å². The van der Waals surface area contributed by atoms with Gasteiger partial charge in [-0.1, -0.05) is 24.3 Å². The van der Waals surface area contributed by atoms with E-state index in [4.69, 9.17) is 4.74 Å². The van der Waals surface area contributed by atoms with E-state index in [1.54, 1.807) is 13.2 Å². The highest BCUT2D eigenvalue weighted by Crippen LogP contribution is 2.32. The fourth-order valence-electron chi connectivity index (χ4n) is 4.74. The summed E-state index contributed by atoms with van der Waals surface area (Å²) in [5, 5.41) is 6.40. The van der Waals surface area contributed by atoms with Gasteiger partial charge in [-0.05, 0) is 51.5 Å². The lowest BCUT2D eigenvalue weighted by Gasteiger charge is -2.32. The Morgan fingerprint density at radius 2 is 1.83 bits per heavy atom. The molecule has 196 valence electrons. The summed E-state index contributed by atoms with van der Waals surface area (Å²) >= 11 is 0. The number of methoxy groups -OCH3 is 1. The van der Waals surface area contributed by atoms with Crippen molar-refractivity contribution >= 4 is 17.6 Å². The highest BCUT2D eigenvalue weighted by Gasteiger charge is 2.35. The van der Waals surface area contributed by atoms with E-state index in [0.29, 0.717) is 24.0 Å². The van der Waals surface area contributed by atoms with Gasteiger partial charge in [0.25, 0.3) is 5.91 Å². The molecule has 3 heterocycles. The number of likely N-dealkylation sites (tertiary alicyclic amines) is 1. The van der Waals surface area contributed by atoms with Gasteiger partial charge in [0.15, 0.2) is 0 Å². The number of piperidine rings is 1. The van der Waals surface area contributed by atoms with Gasteiger partial charge >= 0.3 is 0 Å². The number of carbonyl (C=O) groups excluding carboxylic acids is 2. The third-order valence-electron chi connectivity index (χ3n) is 7.11. The molecule has 1 aromatic rings. The van der Waals surface area contributed by atoms with Gasteiger partial charge in [-0.2, -0.15) is 0 Å². The van der Waals surface area contributed by atoms with Crippen molar-refractivity contribution < 1.29 is 14.3 Å². The van der Waals surface area contributed by atoms with Crippen molar-refractivity contribution in [1.82, 2.24) is 25.1 Å². The summed E-state index contributed by atoms with van der Waals surface area (Å²) in [4.78, 5) is 38.0. The standard InChI is InChI=1S/C27H40N6O3/c1-36-23(19-32-13-7-5-3-2-4-6-8-14-32)18-28-26(34)24-17-25(30-20-29-24)31-22-11-15-33(16-12-22)27(35)21-9-10-21/h2-5,17,20-23H,6-16,18-19H2,1H3,(H,28,34)(H,29,30,31)/b4-2-,5-3-. The molecule has 3 aliphatic rings. The predicted molar refractivity (Wildman–Crippen MR) is 140 cm³/mol. The molecule has 0 bridgehead atoms. The molecule has 1 aliphatic carbocycles. The zero-order valence-electron chi connectivity index (χ0n) is 21.4. The van der Waals surface area contributed by atoms with Crippen molar-refractivity contribution in [2.75, 3.05) is 51.7 Å². The van der Waals surface area contributed by atoms with Gasteiger partial charge in [0, 0.05) is 57.9 Å². The van der Waals surface area contributed by atoms with E-state index >= 15 is 0 Å². The molecule has 1 unspecified atom stereocenters. The van der Waals surface area contributed by atoms with Crippen LogP contribution in [0.1, 0.15) is 55.4 Å². The second-order valence-corrected chi connectivity index (χ2v) is 9.96. The van der Waals surface area contributed by atoms with Crippen LogP contribution in [0.25, 0.3) is 0 Å². The van der Waals surface area contributed by atoms with Gasteiger partial charge in [0.05, 0.1) is 6.10 Å². The van der Waals surface area contributed by atoms with Crippen LogP contribution >= 0.6 is 0 Å². The molecule has 2 fully saturated rings. The van der Waals surface area contributed by atoms with Crippen LogP contribution < -0.4 is 10.6 Å². The quantitative estimate of drug-likeness (QED) is 0.542. The number of nitrogens with one attached hydrogen (secondary N) is 2. The van der Waals surface area contributed by atoms with Crippen LogP contribution in [0.3, 0.4) is 0 Å². The monoisotopic (exact) mass is 496 g/mol. The SMILES string of the molecule is COC(CNC(=O)c1cc(NC2CCN(C(=O)C3CC3)CC2)ncn1)CN1CC/C=C\C=C/CCC1. The second kappa shape index (κ2) is 13.5. The number of amides is 2. The Hall–Kier alpha value is -2.78. The molecule has 0 radical (unpaired) electrons. The summed E-state index contributed by atoms with van der Waals surface area (Å²) in [6.07, 6.45) is 17.0. The van der Waals surface area contributed by atoms with Crippen molar-refractivity contribution in [3.63, 3.8) is 0 Å². The van der Waals surface area contributed by atoms with E-state index in [1.807, 2.05) is 4.90 Å². The van der Waals surface area contributed by atoms with Gasteiger partial charge in [-0.25, -0.2) is 9.97 Å². The Labute approximate surface area is 214 Å². The van der Waals surface area contributed by atoms with E-state index in [0.717, 1.165) is 77.7 Å². The van der Waals surface area contributed by atoms with Crippen molar-refractivity contribution in [3.05, 3.63) is 42.4 Å². The molecule has 2 amide bonds. The first kappa shape index (κ1) is 26.3. The number of nitrogens with zero attached hydrogens (tertiary/aromatic N) is 4. The zero-order valence-corrected chi connectivity index (χ0v) is 21.4. The minimum atomic E-state index is -0.235. The molecule has 9 nitrogen and oxygen atoms in total. The number of rotatable bonds is 9. The topological polar surface area (TPSA) is 99.7 Å². The number of hydrogen-bond donors (Lipinski definition) is 2. The highest BCUT2D eigenvalue weighted by atomic mass is 16.5. The first-order valence-corrected chi connectivity index (χ1v) is 13.3. The van der Waals surface area contributed by atoms with Gasteiger partial charge < -0.3 is 25.2 Å². The molecular weight excluding hydrogens is 456 g/mol. The largest absolute Gasteiger partial charge is 0.378 e. The lowest BCUT2D eigenvalue weighted by atomic mass is 10.0. The maximum atomic E-state index is 12.8. The fraction of sp³-hybridized carbons (Fsp3) is 0.630. The highest BCUT2D eigenvalue weighted by molar-refractivity contribution is 5.92. The van der Waals surface area contributed by atoms with Crippen LogP contribution in [0.4, 0.5) is 5.82 Å². The molecule has 0 aromatic carbocycles. The van der Waals surface area contributed by atoms with Crippen molar-refractivity contribution in [1.29, 1.82) is 0 Å². The van der Waals surface area contributed by atoms with Crippen LogP contribution in [0.15, 0.2) is 36.7 Å². The minimum Gasteiger partial charge on any atom is -0.378 e. The minimum absolute atomic E-state index is 0.0978. The maximum Gasteiger partial charge on any atom is 0.270 e. The molecule has 1 saturated carbocycles. The number of hydrogen-bond acceptors (Lipinski definition) is 7. The molecule has 1 saturated heterocycles. The van der Waals surface area contributed by atoms with Gasteiger partial charge in [-0.3, -0.25) is 9.59 Å². The summed E-state index contributed by atoms with van der Waals surface area (Å²) in [6, 6.07) is 1.93. The van der Waals surface area contributed by atoms with Crippen LogP contribution in [-0.2, 0) is 9.53 Å². The van der Waals surface area contributed by atoms with Crippen molar-refractivity contribution in [2.24, 2.45) is 5.92 Å². The number of allylic oxidation sites excluding steroid dienone is 3. The Balaban J connectivity index is 1.22. The second-order valence-electron chi connectivity index (χ2n) is 9.96. The van der Waals surface area contributed by atoms with E-state index in [-0.39, 0.29) is 24.0 Å². The molecule has 4 rings (SSSR count). The molecule has 1 aromatic heterocycles. The molecular formula is C27H40N6O3. The van der Waals surface area contributed by atoms with Crippen LogP contribution in [0, 0.1) is 5.92 Å². The molecule has 1 atom stereocenters. The Morgan fingerprint density at radius 1 is 1.06 bits per heavy atom. The molecule has 2 N–H and O–H groups in total. The summed E-state index contributed by atoms with van der Waals surface area (Å²) < 4.78 is 5.67. The van der Waals surface area contributed by atoms with E-state index in [2.05, 4.69) is 49.8 Å². The maximum absolute atomic E-state index is 12.8. The third kappa shape index (κ3) is 8.13. The normalized spacial score (nSPS) is 22.4. The van der Waals surface area contributed by atoms with Crippen molar-refractivity contribution in [2.45, 2.75) is 57.1 Å². The lowest BCUT2D eigenvalue weighted by Crippen LogP contribution is -2.43. The Bertz CT molecular complexity index is 924. The Morgan fingerprint density at radius 3 is 2.58 bits per heavy atom.